The Bertz CT molecular complexity index is 1190. The molecule has 1 aromatic heterocycles. The summed E-state index contributed by atoms with van der Waals surface area (Å²) >= 11 is 0. The first-order valence-corrected chi connectivity index (χ1v) is 10.3. The van der Waals surface area contributed by atoms with Crippen LogP contribution in [0.15, 0.2) is 47.4 Å². The van der Waals surface area contributed by atoms with Crippen molar-refractivity contribution in [2.45, 2.75) is 33.2 Å². The number of fused-ring (bicyclic) bond motifs is 1. The van der Waals surface area contributed by atoms with Crippen LogP contribution in [-0.2, 0) is 11.3 Å². The molecule has 0 unspecified atom stereocenters. The molecule has 2 aromatic carbocycles. The SMILES string of the molecule is CCCOc1cc(NC(=O)Cn2ncc(=O)c3ccccc32)c([N+](=O)[O-])cc1OCCC. The number of nitro groups is 1. The second-order valence-corrected chi connectivity index (χ2v) is 7.00. The van der Waals surface area contributed by atoms with Crippen molar-refractivity contribution < 1.29 is 19.2 Å². The predicted octanol–water partition coefficient (Wildman–Crippen LogP) is 3.52. The van der Waals surface area contributed by atoms with Gasteiger partial charge in [0.15, 0.2) is 11.5 Å². The van der Waals surface area contributed by atoms with Crippen molar-refractivity contribution in [3.05, 3.63) is 62.9 Å². The molecule has 1 N–H and O–H groups in total. The van der Waals surface area contributed by atoms with Crippen LogP contribution in [0.25, 0.3) is 10.9 Å². The van der Waals surface area contributed by atoms with E-state index in [4.69, 9.17) is 9.47 Å². The van der Waals surface area contributed by atoms with E-state index >= 15 is 0 Å². The number of hydrogen-bond donors (Lipinski definition) is 1. The highest BCUT2D eigenvalue weighted by atomic mass is 16.6. The second kappa shape index (κ2) is 10.4. The molecule has 0 fully saturated rings. The zero-order valence-electron chi connectivity index (χ0n) is 17.9. The lowest BCUT2D eigenvalue weighted by Crippen LogP contribution is -2.23. The van der Waals surface area contributed by atoms with E-state index < -0.39 is 10.8 Å². The summed E-state index contributed by atoms with van der Waals surface area (Å²) in [5.41, 5.74) is -0.0977. The van der Waals surface area contributed by atoms with Crippen molar-refractivity contribution in [1.29, 1.82) is 0 Å². The molecule has 0 aliphatic rings. The van der Waals surface area contributed by atoms with E-state index in [0.717, 1.165) is 19.0 Å². The third-order valence-corrected chi connectivity index (χ3v) is 4.51. The summed E-state index contributed by atoms with van der Waals surface area (Å²) in [6.07, 6.45) is 2.59. The number of benzene rings is 2. The molecule has 10 heteroatoms. The number of carbonyl (C=O) groups is 1. The third kappa shape index (κ3) is 5.20. The van der Waals surface area contributed by atoms with E-state index in [-0.39, 0.29) is 29.1 Å². The van der Waals surface area contributed by atoms with E-state index in [1.54, 1.807) is 24.3 Å². The van der Waals surface area contributed by atoms with E-state index in [9.17, 15) is 19.7 Å². The summed E-state index contributed by atoms with van der Waals surface area (Å²) in [6.45, 7) is 4.38. The minimum Gasteiger partial charge on any atom is -0.490 e. The molecule has 3 rings (SSSR count). The van der Waals surface area contributed by atoms with Crippen LogP contribution in [0.2, 0.25) is 0 Å². The minimum absolute atomic E-state index is 0.0136. The molecule has 0 bridgehead atoms. The van der Waals surface area contributed by atoms with Gasteiger partial charge >= 0.3 is 0 Å². The van der Waals surface area contributed by atoms with Gasteiger partial charge < -0.3 is 14.8 Å². The number of nitrogens with zero attached hydrogens (tertiary/aromatic N) is 3. The van der Waals surface area contributed by atoms with E-state index in [0.29, 0.717) is 29.9 Å². The Hall–Kier alpha value is -3.95. The average Bonchev–Trinajstić information content (AvgIpc) is 2.78. The van der Waals surface area contributed by atoms with E-state index in [2.05, 4.69) is 10.4 Å². The standard InChI is InChI=1S/C22H24N4O6/c1-3-9-31-20-11-16(18(26(29)30)12-21(20)32-10-4-2)24-22(28)14-25-17-8-6-5-7-15(17)19(27)13-23-25/h5-8,11-13H,3-4,9-10,14H2,1-2H3,(H,24,28). The smallest absolute Gasteiger partial charge is 0.296 e. The topological polar surface area (TPSA) is 126 Å². The molecule has 0 atom stereocenters. The Morgan fingerprint density at radius 2 is 1.78 bits per heavy atom. The molecule has 32 heavy (non-hydrogen) atoms. The van der Waals surface area contributed by atoms with Crippen LogP contribution in [0.1, 0.15) is 26.7 Å². The van der Waals surface area contributed by atoms with Gasteiger partial charge in [0.1, 0.15) is 12.2 Å². The van der Waals surface area contributed by atoms with Gasteiger partial charge in [-0.05, 0) is 25.0 Å². The number of hydrogen-bond acceptors (Lipinski definition) is 7. The van der Waals surface area contributed by atoms with Crippen molar-refractivity contribution >= 4 is 28.2 Å². The van der Waals surface area contributed by atoms with Gasteiger partial charge in [-0.1, -0.05) is 26.0 Å². The lowest BCUT2D eigenvalue weighted by molar-refractivity contribution is -0.384. The van der Waals surface area contributed by atoms with Gasteiger partial charge in [-0.25, -0.2) is 0 Å². The largest absolute Gasteiger partial charge is 0.490 e. The summed E-state index contributed by atoms with van der Waals surface area (Å²) in [4.78, 5) is 35.7. The number of nitro benzene ring substituents is 1. The Morgan fingerprint density at radius 1 is 1.12 bits per heavy atom. The number of rotatable bonds is 10. The van der Waals surface area contributed by atoms with Crippen LogP contribution < -0.4 is 20.2 Å². The van der Waals surface area contributed by atoms with Gasteiger partial charge in [0.05, 0.1) is 35.9 Å². The summed E-state index contributed by atoms with van der Waals surface area (Å²) in [6, 6.07) is 9.42. The molecule has 0 spiro atoms. The van der Waals surface area contributed by atoms with Crippen LogP contribution in [0, 0.1) is 10.1 Å². The van der Waals surface area contributed by atoms with Crippen LogP contribution in [0.4, 0.5) is 11.4 Å². The highest BCUT2D eigenvalue weighted by Gasteiger charge is 2.22. The molecular weight excluding hydrogens is 416 g/mol. The Morgan fingerprint density at radius 3 is 2.44 bits per heavy atom. The summed E-state index contributed by atoms with van der Waals surface area (Å²) in [5.74, 6) is 0.0178. The molecule has 0 saturated heterocycles. The number of amides is 1. The van der Waals surface area contributed by atoms with Gasteiger partial charge in [-0.2, -0.15) is 5.10 Å². The molecule has 3 aromatic rings. The second-order valence-electron chi connectivity index (χ2n) is 7.00. The van der Waals surface area contributed by atoms with Crippen molar-refractivity contribution in [3.8, 4) is 11.5 Å². The number of aromatic nitrogens is 2. The van der Waals surface area contributed by atoms with Crippen molar-refractivity contribution in [3.63, 3.8) is 0 Å². The maximum absolute atomic E-state index is 12.7. The molecule has 168 valence electrons. The van der Waals surface area contributed by atoms with Crippen LogP contribution in [0.5, 0.6) is 11.5 Å². The van der Waals surface area contributed by atoms with E-state index in [1.807, 2.05) is 13.8 Å². The fourth-order valence-corrected chi connectivity index (χ4v) is 3.06. The zero-order valence-corrected chi connectivity index (χ0v) is 17.9. The van der Waals surface area contributed by atoms with Crippen molar-refractivity contribution in [2.75, 3.05) is 18.5 Å². The normalized spacial score (nSPS) is 10.7. The summed E-state index contributed by atoms with van der Waals surface area (Å²) in [7, 11) is 0. The lowest BCUT2D eigenvalue weighted by atomic mass is 10.2. The van der Waals surface area contributed by atoms with Crippen molar-refractivity contribution in [2.24, 2.45) is 0 Å². The van der Waals surface area contributed by atoms with Crippen molar-refractivity contribution in [1.82, 2.24) is 9.78 Å². The molecule has 0 radical (unpaired) electrons. The maximum Gasteiger partial charge on any atom is 0.296 e. The Labute approximate surface area is 183 Å². The first-order valence-electron chi connectivity index (χ1n) is 10.3. The Kier molecular flexibility index (Phi) is 7.37. The number of para-hydroxylation sites is 1. The molecule has 1 heterocycles. The molecule has 10 nitrogen and oxygen atoms in total. The van der Waals surface area contributed by atoms with Gasteiger partial charge in [0.25, 0.3) is 5.69 Å². The highest BCUT2D eigenvalue weighted by molar-refractivity contribution is 5.94. The van der Waals surface area contributed by atoms with Crippen LogP contribution in [-0.4, -0.2) is 33.8 Å². The van der Waals surface area contributed by atoms with Gasteiger partial charge in [0.2, 0.25) is 11.3 Å². The zero-order chi connectivity index (χ0) is 23.1. The lowest BCUT2D eigenvalue weighted by Gasteiger charge is -2.15. The molecule has 0 saturated carbocycles. The minimum atomic E-state index is -0.592. The first-order chi connectivity index (χ1) is 15.4. The van der Waals surface area contributed by atoms with Gasteiger partial charge in [0, 0.05) is 11.5 Å². The molecule has 1 amide bonds. The van der Waals surface area contributed by atoms with E-state index in [1.165, 1.54) is 16.8 Å². The average molecular weight is 440 g/mol. The first kappa shape index (κ1) is 22.7. The number of nitrogens with one attached hydrogen (secondary N) is 1. The van der Waals surface area contributed by atoms with Crippen LogP contribution >= 0.6 is 0 Å². The molecule has 0 aliphatic heterocycles. The maximum atomic E-state index is 12.7. The Balaban J connectivity index is 1.91. The quantitative estimate of drug-likeness (QED) is 0.378. The summed E-state index contributed by atoms with van der Waals surface area (Å²) < 4.78 is 12.6. The molecule has 0 aliphatic carbocycles. The monoisotopic (exact) mass is 440 g/mol. The molecular formula is C22H24N4O6. The fourth-order valence-electron chi connectivity index (χ4n) is 3.06. The summed E-state index contributed by atoms with van der Waals surface area (Å²) in [5, 5.41) is 18.6. The highest BCUT2D eigenvalue weighted by Crippen LogP contribution is 2.38. The van der Waals surface area contributed by atoms with Gasteiger partial charge in [-0.3, -0.25) is 24.4 Å². The number of carbonyl (C=O) groups excluding carboxylic acids is 1. The fraction of sp³-hybridized carbons (Fsp3) is 0.318. The van der Waals surface area contributed by atoms with Gasteiger partial charge in [-0.15, -0.1) is 0 Å². The van der Waals surface area contributed by atoms with Crippen LogP contribution in [0.3, 0.4) is 0 Å². The third-order valence-electron chi connectivity index (χ3n) is 4.51. The predicted molar refractivity (Wildman–Crippen MR) is 119 cm³/mol. The number of anilines is 1. The number of ether oxygens (including phenoxy) is 2.